The second-order valence-electron chi connectivity index (χ2n) is 3.76. The van der Waals surface area contributed by atoms with Gasteiger partial charge in [0, 0.05) is 11.4 Å². The Morgan fingerprint density at radius 2 is 1.95 bits per heavy atom. The first kappa shape index (κ1) is 17.0. The van der Waals surface area contributed by atoms with Crippen molar-refractivity contribution >= 4 is 37.4 Å². The van der Waals surface area contributed by atoms with Crippen molar-refractivity contribution in [3.05, 3.63) is 15.8 Å². The summed E-state index contributed by atoms with van der Waals surface area (Å²) < 4.78 is 50.4. The van der Waals surface area contributed by atoms with Gasteiger partial charge in [-0.05, 0) is 20.0 Å². The molecule has 8 nitrogen and oxygen atoms in total. The first-order chi connectivity index (χ1) is 9.09. The van der Waals surface area contributed by atoms with Gasteiger partial charge >= 0.3 is 5.97 Å². The quantitative estimate of drug-likeness (QED) is 0.617. The summed E-state index contributed by atoms with van der Waals surface area (Å²) in [5, 5.41) is 8.81. The van der Waals surface area contributed by atoms with Crippen LogP contribution >= 0.6 is 11.3 Å². The molecule has 1 heterocycles. The van der Waals surface area contributed by atoms with Gasteiger partial charge in [0.1, 0.15) is 4.88 Å². The Hall–Kier alpha value is -1.01. The molecule has 0 aliphatic carbocycles. The second-order valence-corrected chi connectivity index (χ2v) is 8.79. The van der Waals surface area contributed by atoms with E-state index in [1.165, 1.54) is 14.0 Å². The summed E-state index contributed by atoms with van der Waals surface area (Å²) >= 11 is 0.844. The van der Waals surface area contributed by atoms with Crippen molar-refractivity contribution < 1.29 is 26.7 Å². The Balaban J connectivity index is 2.87. The molecule has 0 amide bonds. The molecule has 114 valence electrons. The van der Waals surface area contributed by atoms with Crippen LogP contribution in [0.1, 0.15) is 14.5 Å². The number of nitrogens with one attached hydrogen (secondary N) is 2. The molecule has 0 aliphatic heterocycles. The summed E-state index contributed by atoms with van der Waals surface area (Å²) in [7, 11) is -6.21. The molecule has 0 aromatic carbocycles. The lowest BCUT2D eigenvalue weighted by Crippen LogP contribution is -2.33. The molecule has 0 saturated heterocycles. The fourth-order valence-corrected chi connectivity index (χ4v) is 4.49. The van der Waals surface area contributed by atoms with Crippen LogP contribution in [-0.4, -0.2) is 47.3 Å². The molecule has 0 saturated carbocycles. The van der Waals surface area contributed by atoms with Gasteiger partial charge in [-0.2, -0.15) is 0 Å². The minimum Gasteiger partial charge on any atom is -0.477 e. The lowest BCUT2D eigenvalue weighted by Gasteiger charge is -2.06. The summed E-state index contributed by atoms with van der Waals surface area (Å²) in [6, 6.07) is 1.05. The highest BCUT2D eigenvalue weighted by Crippen LogP contribution is 2.25. The van der Waals surface area contributed by atoms with Gasteiger partial charge in [0.15, 0.2) is 0 Å². The van der Waals surface area contributed by atoms with Crippen LogP contribution in [0.15, 0.2) is 11.0 Å². The van der Waals surface area contributed by atoms with Gasteiger partial charge < -0.3 is 5.11 Å². The van der Waals surface area contributed by atoms with E-state index >= 15 is 0 Å². The first-order valence-electron chi connectivity index (χ1n) is 5.33. The topological polar surface area (TPSA) is 130 Å². The molecule has 1 aromatic rings. The third-order valence-corrected chi connectivity index (χ3v) is 6.46. The van der Waals surface area contributed by atoms with Crippen molar-refractivity contribution in [1.82, 2.24) is 9.44 Å². The molecule has 0 spiro atoms. The van der Waals surface area contributed by atoms with Crippen LogP contribution in [-0.2, 0) is 20.0 Å². The number of hydrogen-bond acceptors (Lipinski definition) is 6. The Morgan fingerprint density at radius 3 is 2.40 bits per heavy atom. The summed E-state index contributed by atoms with van der Waals surface area (Å²) in [5.41, 5.74) is 0. The van der Waals surface area contributed by atoms with E-state index in [1.807, 2.05) is 0 Å². The van der Waals surface area contributed by atoms with Gasteiger partial charge in [-0.15, -0.1) is 11.3 Å². The van der Waals surface area contributed by atoms with E-state index in [1.54, 1.807) is 0 Å². The molecular weight excluding hydrogens is 328 g/mol. The Labute approximate surface area is 120 Å². The third kappa shape index (κ3) is 4.24. The van der Waals surface area contributed by atoms with Gasteiger partial charge in [-0.3, -0.25) is 0 Å². The highest BCUT2D eigenvalue weighted by Gasteiger charge is 2.22. The number of carboxylic acids is 1. The maximum absolute atomic E-state index is 12.0. The Kier molecular flexibility index (Phi) is 5.27. The van der Waals surface area contributed by atoms with Crippen molar-refractivity contribution in [3.8, 4) is 0 Å². The van der Waals surface area contributed by atoms with E-state index in [0.717, 1.165) is 17.4 Å². The van der Waals surface area contributed by atoms with E-state index < -0.39 is 31.8 Å². The van der Waals surface area contributed by atoms with E-state index in [9.17, 15) is 21.6 Å². The van der Waals surface area contributed by atoms with Crippen LogP contribution in [0.5, 0.6) is 0 Å². The molecule has 20 heavy (non-hydrogen) atoms. The molecule has 11 heteroatoms. The minimum atomic E-state index is -3.93. The summed E-state index contributed by atoms with van der Waals surface area (Å²) in [6.45, 7) is 1.18. The zero-order valence-electron chi connectivity index (χ0n) is 10.7. The number of rotatable bonds is 7. The second kappa shape index (κ2) is 6.18. The molecule has 0 bridgehead atoms. The molecule has 1 rings (SSSR count). The maximum Gasteiger partial charge on any atom is 0.345 e. The van der Waals surface area contributed by atoms with Gasteiger partial charge in [0.2, 0.25) is 20.0 Å². The maximum atomic E-state index is 12.0. The van der Waals surface area contributed by atoms with E-state index in [4.69, 9.17) is 5.11 Å². The zero-order valence-corrected chi connectivity index (χ0v) is 13.2. The Bertz CT molecular complexity index is 704. The van der Waals surface area contributed by atoms with Gasteiger partial charge in [-0.1, -0.05) is 0 Å². The fraction of sp³-hybridized carbons (Fsp3) is 0.444. The summed E-state index contributed by atoms with van der Waals surface area (Å²) in [5.74, 6) is -1.62. The normalized spacial score (nSPS) is 12.5. The predicted octanol–water partition coefficient (Wildman–Crippen LogP) is -0.418. The largest absolute Gasteiger partial charge is 0.477 e. The van der Waals surface area contributed by atoms with Crippen LogP contribution in [0, 0.1) is 6.92 Å². The molecule has 0 aliphatic rings. The molecule has 0 unspecified atom stereocenters. The molecular formula is C9H14N2O6S3. The lowest BCUT2D eigenvalue weighted by atomic mass is 10.4. The zero-order chi connectivity index (χ0) is 15.6. The average molecular weight is 342 g/mol. The van der Waals surface area contributed by atoms with E-state index in [0.29, 0.717) is 4.88 Å². The predicted molar refractivity (Wildman–Crippen MR) is 74.1 cm³/mol. The number of carboxylic acid groups (broad SMARTS) is 1. The van der Waals surface area contributed by atoms with Crippen LogP contribution in [0.4, 0.5) is 0 Å². The lowest BCUT2D eigenvalue weighted by molar-refractivity contribution is 0.0702. The van der Waals surface area contributed by atoms with Crippen LogP contribution in [0.3, 0.4) is 0 Å². The molecule has 0 fully saturated rings. The molecule has 1 aromatic heterocycles. The first-order valence-corrected chi connectivity index (χ1v) is 9.29. The standard InChI is InChI=1S/C9H14N2O6S3/c1-6-8(5-7(18-6)9(12)13)20(16,17)11-3-4-19(14,15)10-2/h5,10-11H,3-4H2,1-2H3,(H,12,13). The van der Waals surface area contributed by atoms with Crippen molar-refractivity contribution in [3.63, 3.8) is 0 Å². The van der Waals surface area contributed by atoms with Crippen molar-refractivity contribution in [2.24, 2.45) is 0 Å². The number of aromatic carboxylic acids is 1. The third-order valence-electron chi connectivity index (χ3n) is 2.35. The number of aryl methyl sites for hydroxylation is 1. The Morgan fingerprint density at radius 1 is 1.35 bits per heavy atom. The SMILES string of the molecule is CNS(=O)(=O)CCNS(=O)(=O)c1cc(C(=O)O)sc1C. The smallest absolute Gasteiger partial charge is 0.345 e. The number of thiophene rings is 1. The minimum absolute atomic E-state index is 0.0919. The highest BCUT2D eigenvalue weighted by atomic mass is 32.2. The number of carbonyl (C=O) groups is 1. The van der Waals surface area contributed by atoms with Gasteiger partial charge in [-0.25, -0.2) is 31.1 Å². The van der Waals surface area contributed by atoms with Crippen molar-refractivity contribution in [2.45, 2.75) is 11.8 Å². The van der Waals surface area contributed by atoms with E-state index in [-0.39, 0.29) is 16.3 Å². The fourth-order valence-electron chi connectivity index (χ4n) is 1.33. The van der Waals surface area contributed by atoms with Crippen LogP contribution in [0.2, 0.25) is 0 Å². The number of hydrogen-bond donors (Lipinski definition) is 3. The van der Waals surface area contributed by atoms with Crippen molar-refractivity contribution in [1.29, 1.82) is 0 Å². The van der Waals surface area contributed by atoms with Crippen molar-refractivity contribution in [2.75, 3.05) is 19.3 Å². The number of sulfonamides is 2. The summed E-state index contributed by atoms with van der Waals surface area (Å²) in [6.07, 6.45) is 0. The van der Waals surface area contributed by atoms with E-state index in [2.05, 4.69) is 9.44 Å². The van der Waals surface area contributed by atoms with Gasteiger partial charge in [0.25, 0.3) is 0 Å². The molecule has 0 atom stereocenters. The molecule has 3 N–H and O–H groups in total. The highest BCUT2D eigenvalue weighted by molar-refractivity contribution is 7.90. The van der Waals surface area contributed by atoms with Crippen LogP contribution in [0.25, 0.3) is 0 Å². The summed E-state index contributed by atoms with van der Waals surface area (Å²) in [4.78, 5) is 10.9. The monoisotopic (exact) mass is 342 g/mol. The van der Waals surface area contributed by atoms with Gasteiger partial charge in [0.05, 0.1) is 10.6 Å². The van der Waals surface area contributed by atoms with Crippen LogP contribution < -0.4 is 9.44 Å². The molecule has 0 radical (unpaired) electrons. The average Bonchev–Trinajstić information content (AvgIpc) is 2.72.